The van der Waals surface area contributed by atoms with Gasteiger partial charge in [0.25, 0.3) is 11.5 Å². The Labute approximate surface area is 173 Å². The highest BCUT2D eigenvalue weighted by Crippen LogP contribution is 2.20. The van der Waals surface area contributed by atoms with Crippen molar-refractivity contribution in [2.45, 2.75) is 25.8 Å². The van der Waals surface area contributed by atoms with Crippen LogP contribution >= 0.6 is 0 Å². The predicted molar refractivity (Wildman–Crippen MR) is 113 cm³/mol. The molecule has 3 N–H and O–H groups in total. The summed E-state index contributed by atoms with van der Waals surface area (Å²) in [6.45, 7) is 1.61. The number of amides is 1. The van der Waals surface area contributed by atoms with Gasteiger partial charge in [-0.3, -0.25) is 14.4 Å². The molecule has 1 aromatic heterocycles. The number of carboxylic acids is 1. The Balaban J connectivity index is 1.74. The lowest BCUT2D eigenvalue weighted by Crippen LogP contribution is -2.39. The fourth-order valence-electron chi connectivity index (χ4n) is 3.20. The second-order valence-electron chi connectivity index (χ2n) is 7.22. The van der Waals surface area contributed by atoms with E-state index in [0.29, 0.717) is 6.42 Å². The summed E-state index contributed by atoms with van der Waals surface area (Å²) >= 11 is 0. The number of aromatic nitrogens is 2. The quantitative estimate of drug-likeness (QED) is 0.533. The lowest BCUT2D eigenvalue weighted by Gasteiger charge is -2.21. The van der Waals surface area contributed by atoms with Crippen LogP contribution in [0.15, 0.2) is 71.5 Å². The Bertz CT molecular complexity index is 1040. The molecule has 2 atom stereocenters. The number of rotatable bonds is 8. The molecule has 0 saturated heterocycles. The SMILES string of the molecule is C[C@H](CC(Cc1ccc(-c2ccccc2)cc1)NC(=O)c1ccc(=O)[nH]n1)C(=O)O. The number of aliphatic carboxylic acids is 1. The first kappa shape index (κ1) is 21.0. The molecule has 1 unspecified atom stereocenters. The molecule has 7 nitrogen and oxygen atoms in total. The Morgan fingerprint density at radius 1 is 1.00 bits per heavy atom. The molecule has 7 heteroatoms. The van der Waals surface area contributed by atoms with Gasteiger partial charge in [-0.15, -0.1) is 0 Å². The first-order valence-electron chi connectivity index (χ1n) is 9.66. The third kappa shape index (κ3) is 5.64. The largest absolute Gasteiger partial charge is 0.481 e. The lowest BCUT2D eigenvalue weighted by atomic mass is 9.95. The van der Waals surface area contributed by atoms with Gasteiger partial charge in [-0.1, -0.05) is 61.5 Å². The van der Waals surface area contributed by atoms with Gasteiger partial charge in [-0.25, -0.2) is 5.10 Å². The molecule has 0 aliphatic heterocycles. The van der Waals surface area contributed by atoms with Gasteiger partial charge in [0.15, 0.2) is 0 Å². The highest BCUT2D eigenvalue weighted by molar-refractivity contribution is 5.92. The summed E-state index contributed by atoms with van der Waals surface area (Å²) in [5.74, 6) is -2.01. The van der Waals surface area contributed by atoms with E-state index in [4.69, 9.17) is 0 Å². The molecule has 0 fully saturated rings. The normalized spacial score (nSPS) is 12.7. The average molecular weight is 405 g/mol. The molecule has 0 aliphatic rings. The number of H-pyrrole nitrogens is 1. The summed E-state index contributed by atoms with van der Waals surface area (Å²) in [5.41, 5.74) is 2.84. The van der Waals surface area contributed by atoms with E-state index in [1.165, 1.54) is 12.1 Å². The van der Waals surface area contributed by atoms with Crippen molar-refractivity contribution >= 4 is 11.9 Å². The molecule has 3 rings (SSSR count). The van der Waals surface area contributed by atoms with Crippen LogP contribution in [0.25, 0.3) is 11.1 Å². The van der Waals surface area contributed by atoms with Crippen LogP contribution in [-0.2, 0) is 11.2 Å². The van der Waals surface area contributed by atoms with E-state index in [1.807, 2.05) is 54.6 Å². The third-order valence-electron chi connectivity index (χ3n) is 4.85. The van der Waals surface area contributed by atoms with E-state index >= 15 is 0 Å². The van der Waals surface area contributed by atoms with E-state index in [2.05, 4.69) is 15.5 Å². The number of hydrogen-bond acceptors (Lipinski definition) is 4. The molecule has 0 aliphatic carbocycles. The first-order chi connectivity index (χ1) is 14.4. The van der Waals surface area contributed by atoms with Crippen LogP contribution in [0.4, 0.5) is 0 Å². The van der Waals surface area contributed by atoms with E-state index in [-0.39, 0.29) is 12.1 Å². The summed E-state index contributed by atoms with van der Waals surface area (Å²) in [7, 11) is 0. The maximum atomic E-state index is 12.5. The fourth-order valence-corrected chi connectivity index (χ4v) is 3.20. The number of benzene rings is 2. The summed E-state index contributed by atoms with van der Waals surface area (Å²) in [6, 6.07) is 20.1. The number of carboxylic acid groups (broad SMARTS) is 1. The fraction of sp³-hybridized carbons (Fsp3) is 0.217. The number of hydrogen-bond donors (Lipinski definition) is 3. The molecule has 2 aromatic carbocycles. The van der Waals surface area contributed by atoms with Gasteiger partial charge in [-0.05, 0) is 35.6 Å². The Hall–Kier alpha value is -3.74. The molecule has 0 saturated carbocycles. The minimum atomic E-state index is -0.921. The Morgan fingerprint density at radius 3 is 2.27 bits per heavy atom. The van der Waals surface area contributed by atoms with Crippen LogP contribution in [0.5, 0.6) is 0 Å². The molecular weight excluding hydrogens is 382 g/mol. The van der Waals surface area contributed by atoms with E-state index in [0.717, 1.165) is 16.7 Å². The second-order valence-corrected chi connectivity index (χ2v) is 7.22. The summed E-state index contributed by atoms with van der Waals surface area (Å²) in [4.78, 5) is 35.0. The minimum absolute atomic E-state index is 0.0713. The van der Waals surface area contributed by atoms with Gasteiger partial charge in [0, 0.05) is 12.1 Å². The molecule has 1 heterocycles. The Kier molecular flexibility index (Phi) is 6.75. The number of aromatic amines is 1. The van der Waals surface area contributed by atoms with Crippen molar-refractivity contribution in [3.8, 4) is 11.1 Å². The molecule has 0 spiro atoms. The van der Waals surface area contributed by atoms with Crippen molar-refractivity contribution in [3.05, 3.63) is 88.3 Å². The van der Waals surface area contributed by atoms with Crippen molar-refractivity contribution in [2.24, 2.45) is 5.92 Å². The van der Waals surface area contributed by atoms with Crippen molar-refractivity contribution in [1.82, 2.24) is 15.5 Å². The standard InChI is InChI=1S/C23H23N3O4/c1-15(23(29)30)13-19(24-22(28)20-11-12-21(27)26-25-20)14-16-7-9-18(10-8-16)17-5-3-2-4-6-17/h2-12,15,19H,13-14H2,1H3,(H,24,28)(H,26,27)(H,29,30)/t15-,19?/m1/s1. The van der Waals surface area contributed by atoms with E-state index < -0.39 is 29.4 Å². The van der Waals surface area contributed by atoms with E-state index in [9.17, 15) is 19.5 Å². The van der Waals surface area contributed by atoms with Gasteiger partial charge in [-0.2, -0.15) is 5.10 Å². The number of nitrogens with zero attached hydrogens (tertiary/aromatic N) is 1. The zero-order chi connectivity index (χ0) is 21.5. The molecule has 1 amide bonds. The van der Waals surface area contributed by atoms with Crippen LogP contribution in [0.3, 0.4) is 0 Å². The molecule has 154 valence electrons. The maximum Gasteiger partial charge on any atom is 0.306 e. The van der Waals surface area contributed by atoms with Gasteiger partial charge in [0.1, 0.15) is 5.69 Å². The van der Waals surface area contributed by atoms with Crippen molar-refractivity contribution in [1.29, 1.82) is 0 Å². The minimum Gasteiger partial charge on any atom is -0.481 e. The first-order valence-corrected chi connectivity index (χ1v) is 9.66. The molecule has 3 aromatic rings. The van der Waals surface area contributed by atoms with Crippen LogP contribution < -0.4 is 10.9 Å². The number of carbonyl (C=O) groups is 2. The van der Waals surface area contributed by atoms with Crippen LogP contribution in [0, 0.1) is 5.92 Å². The van der Waals surface area contributed by atoms with E-state index in [1.54, 1.807) is 6.92 Å². The smallest absolute Gasteiger partial charge is 0.306 e. The number of carbonyl (C=O) groups excluding carboxylic acids is 1. The lowest BCUT2D eigenvalue weighted by molar-refractivity contribution is -0.141. The highest BCUT2D eigenvalue weighted by atomic mass is 16.4. The van der Waals surface area contributed by atoms with Crippen LogP contribution in [0.1, 0.15) is 29.4 Å². The van der Waals surface area contributed by atoms with Crippen molar-refractivity contribution in [3.63, 3.8) is 0 Å². The second kappa shape index (κ2) is 9.65. The molecular formula is C23H23N3O4. The van der Waals surface area contributed by atoms with Crippen molar-refractivity contribution < 1.29 is 14.7 Å². The van der Waals surface area contributed by atoms with Gasteiger partial charge < -0.3 is 10.4 Å². The molecule has 30 heavy (non-hydrogen) atoms. The van der Waals surface area contributed by atoms with Crippen LogP contribution in [-0.4, -0.2) is 33.2 Å². The van der Waals surface area contributed by atoms with Crippen molar-refractivity contribution in [2.75, 3.05) is 0 Å². The molecule has 0 radical (unpaired) electrons. The molecule has 0 bridgehead atoms. The topological polar surface area (TPSA) is 112 Å². The predicted octanol–water partition coefficient (Wildman–Crippen LogP) is 2.89. The third-order valence-corrected chi connectivity index (χ3v) is 4.85. The maximum absolute atomic E-state index is 12.5. The highest BCUT2D eigenvalue weighted by Gasteiger charge is 2.21. The monoisotopic (exact) mass is 405 g/mol. The summed E-state index contributed by atoms with van der Waals surface area (Å²) in [6.07, 6.45) is 0.743. The van der Waals surface area contributed by atoms with Gasteiger partial charge in [0.2, 0.25) is 0 Å². The number of nitrogens with one attached hydrogen (secondary N) is 2. The average Bonchev–Trinajstić information content (AvgIpc) is 2.75. The van der Waals surface area contributed by atoms with Crippen LogP contribution in [0.2, 0.25) is 0 Å². The summed E-state index contributed by atoms with van der Waals surface area (Å²) < 4.78 is 0. The summed E-state index contributed by atoms with van der Waals surface area (Å²) in [5, 5.41) is 18.1. The Morgan fingerprint density at radius 2 is 1.67 bits per heavy atom. The zero-order valence-electron chi connectivity index (χ0n) is 16.5. The van der Waals surface area contributed by atoms with Gasteiger partial charge in [0.05, 0.1) is 5.92 Å². The van der Waals surface area contributed by atoms with Gasteiger partial charge >= 0.3 is 5.97 Å². The zero-order valence-corrected chi connectivity index (χ0v) is 16.5.